The lowest BCUT2D eigenvalue weighted by atomic mass is 9.91. The van der Waals surface area contributed by atoms with Crippen molar-refractivity contribution >= 4 is 28.4 Å². The van der Waals surface area contributed by atoms with Gasteiger partial charge in [-0.05, 0) is 60.2 Å². The summed E-state index contributed by atoms with van der Waals surface area (Å²) in [5, 5.41) is 1.94. The molecule has 3 aromatic rings. The monoisotopic (exact) mass is 381 g/mol. The maximum Gasteiger partial charge on any atom is 0.227 e. The maximum absolute atomic E-state index is 13.1. The van der Waals surface area contributed by atoms with Gasteiger partial charge < -0.3 is 9.88 Å². The van der Waals surface area contributed by atoms with Gasteiger partial charge in [-0.3, -0.25) is 9.78 Å². The molecule has 0 spiro atoms. The standard InChI is InChI=1S/C22H24ClN3O/c1-14(2)11-20-22-17(18-13-16(23)3-4-19(18)25-22)7-10-26(20)21(27)12-15-5-8-24-9-6-15/h3-6,8-9,13-14,20,25H,7,10-12H2,1-2H3. The van der Waals surface area contributed by atoms with Gasteiger partial charge in [0.25, 0.3) is 0 Å². The summed E-state index contributed by atoms with van der Waals surface area (Å²) in [4.78, 5) is 22.8. The van der Waals surface area contributed by atoms with E-state index in [-0.39, 0.29) is 11.9 Å². The van der Waals surface area contributed by atoms with E-state index < -0.39 is 0 Å². The van der Waals surface area contributed by atoms with Crippen molar-refractivity contribution in [2.45, 2.75) is 39.2 Å². The molecule has 0 fully saturated rings. The molecule has 0 saturated carbocycles. The fraction of sp³-hybridized carbons (Fsp3) is 0.364. The number of carbonyl (C=O) groups excluding carboxylic acids is 1. The quantitative estimate of drug-likeness (QED) is 0.696. The third kappa shape index (κ3) is 3.59. The van der Waals surface area contributed by atoms with E-state index in [1.165, 1.54) is 16.6 Å². The van der Waals surface area contributed by atoms with Crippen LogP contribution in [0.15, 0.2) is 42.7 Å². The number of carbonyl (C=O) groups is 1. The van der Waals surface area contributed by atoms with Crippen molar-refractivity contribution in [3.63, 3.8) is 0 Å². The minimum absolute atomic E-state index is 0.0780. The molecular formula is C22H24ClN3O. The van der Waals surface area contributed by atoms with Crippen molar-refractivity contribution in [2.24, 2.45) is 5.92 Å². The molecule has 1 N–H and O–H groups in total. The molecule has 2 aromatic heterocycles. The molecule has 0 saturated heterocycles. The number of aromatic amines is 1. The highest BCUT2D eigenvalue weighted by Crippen LogP contribution is 2.38. The highest BCUT2D eigenvalue weighted by Gasteiger charge is 2.33. The molecule has 0 radical (unpaired) electrons. The zero-order valence-corrected chi connectivity index (χ0v) is 16.5. The lowest BCUT2D eigenvalue weighted by Gasteiger charge is -2.37. The average Bonchev–Trinajstić information content (AvgIpc) is 3.01. The van der Waals surface area contributed by atoms with Gasteiger partial charge in [-0.25, -0.2) is 0 Å². The Kier molecular flexibility index (Phi) is 4.92. The van der Waals surface area contributed by atoms with Crippen molar-refractivity contribution in [1.82, 2.24) is 14.9 Å². The number of hydrogen-bond donors (Lipinski definition) is 1. The van der Waals surface area contributed by atoms with Crippen molar-refractivity contribution in [3.8, 4) is 0 Å². The SMILES string of the molecule is CC(C)CC1c2[nH]c3ccc(Cl)cc3c2CCN1C(=O)Cc1ccncc1. The molecule has 1 amide bonds. The van der Waals surface area contributed by atoms with E-state index in [0.29, 0.717) is 12.3 Å². The number of nitrogens with one attached hydrogen (secondary N) is 1. The van der Waals surface area contributed by atoms with Crippen LogP contribution in [-0.4, -0.2) is 27.3 Å². The molecule has 4 nitrogen and oxygen atoms in total. The van der Waals surface area contributed by atoms with Crippen LogP contribution in [0.2, 0.25) is 5.02 Å². The molecule has 3 heterocycles. The van der Waals surface area contributed by atoms with Crippen LogP contribution >= 0.6 is 11.6 Å². The van der Waals surface area contributed by atoms with Crippen molar-refractivity contribution in [3.05, 3.63) is 64.6 Å². The van der Waals surface area contributed by atoms with Gasteiger partial charge in [0.1, 0.15) is 0 Å². The second kappa shape index (κ2) is 7.35. The van der Waals surface area contributed by atoms with Crippen molar-refractivity contribution in [2.75, 3.05) is 6.54 Å². The fourth-order valence-electron chi connectivity index (χ4n) is 4.11. The Morgan fingerprint density at radius 2 is 2.07 bits per heavy atom. The first-order valence-electron chi connectivity index (χ1n) is 9.51. The minimum atomic E-state index is 0.0780. The van der Waals surface area contributed by atoms with Crippen LogP contribution < -0.4 is 0 Å². The lowest BCUT2D eigenvalue weighted by Crippen LogP contribution is -2.41. The molecule has 0 bridgehead atoms. The van der Waals surface area contributed by atoms with Crippen LogP contribution in [0.25, 0.3) is 10.9 Å². The molecule has 140 valence electrons. The number of H-pyrrole nitrogens is 1. The third-order valence-corrected chi connectivity index (χ3v) is 5.57. The Bertz CT molecular complexity index is 964. The van der Waals surface area contributed by atoms with Crippen LogP contribution in [-0.2, 0) is 17.6 Å². The van der Waals surface area contributed by atoms with E-state index >= 15 is 0 Å². The molecule has 27 heavy (non-hydrogen) atoms. The molecule has 4 rings (SSSR count). The Balaban J connectivity index is 1.69. The van der Waals surface area contributed by atoms with Gasteiger partial charge in [0, 0.05) is 40.6 Å². The predicted octanol–water partition coefficient (Wildman–Crippen LogP) is 4.93. The van der Waals surface area contributed by atoms with Crippen LogP contribution in [0.4, 0.5) is 0 Å². The smallest absolute Gasteiger partial charge is 0.227 e. The van der Waals surface area contributed by atoms with E-state index in [1.54, 1.807) is 12.4 Å². The second-order valence-corrected chi connectivity index (χ2v) is 8.16. The van der Waals surface area contributed by atoms with Gasteiger partial charge in [-0.2, -0.15) is 0 Å². The zero-order valence-electron chi connectivity index (χ0n) is 15.7. The van der Waals surface area contributed by atoms with E-state index in [0.717, 1.165) is 35.5 Å². The molecule has 1 atom stereocenters. The van der Waals surface area contributed by atoms with Crippen molar-refractivity contribution < 1.29 is 4.79 Å². The van der Waals surface area contributed by atoms with Gasteiger partial charge in [-0.1, -0.05) is 25.4 Å². The predicted molar refractivity (Wildman–Crippen MR) is 109 cm³/mol. The first-order valence-corrected chi connectivity index (χ1v) is 9.89. The Morgan fingerprint density at radius 1 is 1.30 bits per heavy atom. The lowest BCUT2D eigenvalue weighted by molar-refractivity contribution is -0.133. The van der Waals surface area contributed by atoms with E-state index in [4.69, 9.17) is 11.6 Å². The number of aromatic nitrogens is 2. The summed E-state index contributed by atoms with van der Waals surface area (Å²) in [6.45, 7) is 5.16. The van der Waals surface area contributed by atoms with Gasteiger partial charge >= 0.3 is 0 Å². The summed E-state index contributed by atoms with van der Waals surface area (Å²) in [6.07, 6.45) is 5.69. The highest BCUT2D eigenvalue weighted by molar-refractivity contribution is 6.31. The van der Waals surface area contributed by atoms with Crippen LogP contribution in [0.1, 0.15) is 43.1 Å². The molecule has 1 aliphatic rings. The second-order valence-electron chi connectivity index (χ2n) is 7.72. The number of hydrogen-bond acceptors (Lipinski definition) is 2. The molecule has 5 heteroatoms. The molecule has 1 unspecified atom stereocenters. The van der Waals surface area contributed by atoms with Crippen molar-refractivity contribution in [1.29, 1.82) is 0 Å². The van der Waals surface area contributed by atoms with Gasteiger partial charge in [0.05, 0.1) is 12.5 Å². The van der Waals surface area contributed by atoms with Gasteiger partial charge in [-0.15, -0.1) is 0 Å². The number of benzene rings is 1. The topological polar surface area (TPSA) is 49.0 Å². The maximum atomic E-state index is 13.1. The summed E-state index contributed by atoms with van der Waals surface area (Å²) in [5.41, 5.74) is 4.59. The molecule has 1 aromatic carbocycles. The number of pyridine rings is 1. The number of halogens is 1. The number of fused-ring (bicyclic) bond motifs is 3. The minimum Gasteiger partial charge on any atom is -0.356 e. The van der Waals surface area contributed by atoms with Gasteiger partial charge in [0.15, 0.2) is 0 Å². The van der Waals surface area contributed by atoms with Crippen LogP contribution in [0.5, 0.6) is 0 Å². The summed E-state index contributed by atoms with van der Waals surface area (Å²) in [6, 6.07) is 9.88. The number of rotatable bonds is 4. The largest absolute Gasteiger partial charge is 0.356 e. The Labute approximate surface area is 164 Å². The highest BCUT2D eigenvalue weighted by atomic mass is 35.5. The summed E-state index contributed by atoms with van der Waals surface area (Å²) < 4.78 is 0. The van der Waals surface area contributed by atoms with Crippen LogP contribution in [0, 0.1) is 5.92 Å². The first-order chi connectivity index (χ1) is 13.0. The van der Waals surface area contributed by atoms with E-state index in [2.05, 4.69) is 28.7 Å². The third-order valence-electron chi connectivity index (χ3n) is 5.33. The Hall–Kier alpha value is -2.33. The normalized spacial score (nSPS) is 16.7. The average molecular weight is 382 g/mol. The number of amides is 1. The summed E-state index contributed by atoms with van der Waals surface area (Å²) >= 11 is 6.22. The number of nitrogens with zero attached hydrogens (tertiary/aromatic N) is 2. The zero-order chi connectivity index (χ0) is 19.0. The fourth-order valence-corrected chi connectivity index (χ4v) is 4.28. The molecular weight excluding hydrogens is 358 g/mol. The Morgan fingerprint density at radius 3 is 2.81 bits per heavy atom. The van der Waals surface area contributed by atoms with E-state index in [9.17, 15) is 4.79 Å². The van der Waals surface area contributed by atoms with Gasteiger partial charge in [0.2, 0.25) is 5.91 Å². The summed E-state index contributed by atoms with van der Waals surface area (Å²) in [7, 11) is 0. The van der Waals surface area contributed by atoms with Crippen LogP contribution in [0.3, 0.4) is 0 Å². The molecule has 1 aliphatic heterocycles. The first kappa shape index (κ1) is 18.1. The summed E-state index contributed by atoms with van der Waals surface area (Å²) in [5.74, 6) is 0.668. The molecule has 0 aliphatic carbocycles. The van der Waals surface area contributed by atoms with E-state index in [1.807, 2.05) is 30.3 Å².